The number of nitrogens with zero attached hydrogens (tertiary/aromatic N) is 2. The number of rotatable bonds is 8. The second-order valence-electron chi connectivity index (χ2n) is 9.87. The van der Waals surface area contributed by atoms with Gasteiger partial charge in [0.1, 0.15) is 37.0 Å². The molecule has 0 amide bonds. The lowest BCUT2D eigenvalue weighted by atomic mass is 9.82. The topological polar surface area (TPSA) is 54.7 Å². The van der Waals surface area contributed by atoms with E-state index in [9.17, 15) is 0 Å². The molecule has 37 heavy (non-hydrogen) atoms. The second kappa shape index (κ2) is 11.0. The Morgan fingerprint density at radius 1 is 0.946 bits per heavy atom. The van der Waals surface area contributed by atoms with Gasteiger partial charge in [0.15, 0.2) is 0 Å². The number of fused-ring (bicyclic) bond motifs is 5. The SMILES string of the molecule is CCOOCc1ccc2c(C3CCCCC3)c3n(c2n1)CCOc1cc(OCc2ccccc2)ccc1-3. The molecule has 1 aliphatic heterocycles. The Labute approximate surface area is 218 Å². The van der Waals surface area contributed by atoms with Gasteiger partial charge in [-0.15, -0.1) is 0 Å². The van der Waals surface area contributed by atoms with Gasteiger partial charge in [0, 0.05) is 17.0 Å². The molecule has 4 aromatic rings. The molecule has 0 spiro atoms. The summed E-state index contributed by atoms with van der Waals surface area (Å²) in [4.78, 5) is 15.5. The molecule has 0 atom stereocenters. The van der Waals surface area contributed by atoms with Crippen molar-refractivity contribution >= 4 is 11.0 Å². The Hall–Kier alpha value is -3.35. The lowest BCUT2D eigenvalue weighted by Gasteiger charge is -2.23. The summed E-state index contributed by atoms with van der Waals surface area (Å²) in [6.07, 6.45) is 6.31. The van der Waals surface area contributed by atoms with Crippen LogP contribution >= 0.6 is 0 Å². The van der Waals surface area contributed by atoms with Gasteiger partial charge in [0.25, 0.3) is 0 Å². The summed E-state index contributed by atoms with van der Waals surface area (Å²) >= 11 is 0. The Bertz CT molecular complexity index is 1360. The van der Waals surface area contributed by atoms with Crippen LogP contribution < -0.4 is 9.47 Å². The van der Waals surface area contributed by atoms with Crippen molar-refractivity contribution in [3.8, 4) is 22.8 Å². The van der Waals surface area contributed by atoms with E-state index >= 15 is 0 Å². The van der Waals surface area contributed by atoms with Gasteiger partial charge in [-0.2, -0.15) is 0 Å². The minimum atomic E-state index is 0.332. The quantitative estimate of drug-likeness (QED) is 0.146. The van der Waals surface area contributed by atoms with E-state index in [1.807, 2.05) is 31.2 Å². The summed E-state index contributed by atoms with van der Waals surface area (Å²) in [6, 6.07) is 20.8. The third kappa shape index (κ3) is 4.96. The summed E-state index contributed by atoms with van der Waals surface area (Å²) in [5, 5.41) is 1.25. The fraction of sp³-hybridized carbons (Fsp3) is 0.387. The van der Waals surface area contributed by atoms with Gasteiger partial charge in [-0.1, -0.05) is 49.6 Å². The maximum Gasteiger partial charge on any atom is 0.141 e. The van der Waals surface area contributed by atoms with Gasteiger partial charge in [0.05, 0.1) is 24.5 Å². The van der Waals surface area contributed by atoms with Crippen LogP contribution in [0.3, 0.4) is 0 Å². The van der Waals surface area contributed by atoms with Crippen molar-refractivity contribution < 1.29 is 19.2 Å². The van der Waals surface area contributed by atoms with Crippen LogP contribution in [0.15, 0.2) is 60.7 Å². The minimum absolute atomic E-state index is 0.332. The predicted octanol–water partition coefficient (Wildman–Crippen LogP) is 7.19. The third-order valence-electron chi connectivity index (χ3n) is 7.45. The molecular weight excluding hydrogens is 464 g/mol. The van der Waals surface area contributed by atoms with Crippen LogP contribution in [-0.2, 0) is 29.5 Å². The van der Waals surface area contributed by atoms with Gasteiger partial charge in [-0.3, -0.25) is 0 Å². The molecule has 0 unspecified atom stereocenters. The van der Waals surface area contributed by atoms with Crippen LogP contribution in [0.1, 0.15) is 61.8 Å². The highest BCUT2D eigenvalue weighted by atomic mass is 17.2. The molecule has 0 saturated heterocycles. The molecule has 0 bridgehead atoms. The van der Waals surface area contributed by atoms with E-state index in [0.29, 0.717) is 32.3 Å². The number of hydrogen-bond donors (Lipinski definition) is 0. The van der Waals surface area contributed by atoms with Gasteiger partial charge in [0.2, 0.25) is 0 Å². The zero-order valence-corrected chi connectivity index (χ0v) is 21.4. The van der Waals surface area contributed by atoms with E-state index in [1.165, 1.54) is 48.7 Å². The van der Waals surface area contributed by atoms with Crippen LogP contribution in [0.25, 0.3) is 22.3 Å². The van der Waals surface area contributed by atoms with Gasteiger partial charge in [-0.25, -0.2) is 14.8 Å². The maximum absolute atomic E-state index is 6.31. The van der Waals surface area contributed by atoms with E-state index in [0.717, 1.165) is 40.5 Å². The molecular formula is C31H34N2O4. The lowest BCUT2D eigenvalue weighted by molar-refractivity contribution is -0.301. The van der Waals surface area contributed by atoms with Crippen LogP contribution in [-0.4, -0.2) is 22.8 Å². The molecule has 1 aliphatic carbocycles. The molecule has 6 heteroatoms. The Morgan fingerprint density at radius 3 is 2.65 bits per heavy atom. The maximum atomic E-state index is 6.31. The number of hydrogen-bond acceptors (Lipinski definition) is 5. The highest BCUT2D eigenvalue weighted by Gasteiger charge is 2.30. The summed E-state index contributed by atoms with van der Waals surface area (Å²) in [5.74, 6) is 2.23. The Kier molecular flexibility index (Phi) is 7.11. The first-order chi connectivity index (χ1) is 18.3. The largest absolute Gasteiger partial charge is 0.491 e. The Morgan fingerprint density at radius 2 is 1.81 bits per heavy atom. The molecule has 192 valence electrons. The Balaban J connectivity index is 1.41. The van der Waals surface area contributed by atoms with Crippen LogP contribution in [0, 0.1) is 0 Å². The number of pyridine rings is 1. The van der Waals surface area contributed by atoms with Crippen LogP contribution in [0.4, 0.5) is 0 Å². The monoisotopic (exact) mass is 498 g/mol. The van der Waals surface area contributed by atoms with E-state index < -0.39 is 0 Å². The van der Waals surface area contributed by atoms with Crippen molar-refractivity contribution in [2.75, 3.05) is 13.2 Å². The fourth-order valence-electron chi connectivity index (χ4n) is 5.76. The normalized spacial score (nSPS) is 15.6. The average molecular weight is 499 g/mol. The van der Waals surface area contributed by atoms with Gasteiger partial charge < -0.3 is 14.0 Å². The minimum Gasteiger partial charge on any atom is -0.491 e. The van der Waals surface area contributed by atoms with Crippen LogP contribution in [0.2, 0.25) is 0 Å². The third-order valence-corrected chi connectivity index (χ3v) is 7.45. The number of ether oxygens (including phenoxy) is 2. The highest BCUT2D eigenvalue weighted by molar-refractivity contribution is 5.92. The van der Waals surface area contributed by atoms with Crippen molar-refractivity contribution in [3.63, 3.8) is 0 Å². The van der Waals surface area contributed by atoms with Crippen molar-refractivity contribution in [1.29, 1.82) is 0 Å². The van der Waals surface area contributed by atoms with E-state index in [-0.39, 0.29) is 0 Å². The molecule has 6 rings (SSSR count). The van der Waals surface area contributed by atoms with E-state index in [2.05, 4.69) is 41.0 Å². The second-order valence-corrected chi connectivity index (χ2v) is 9.87. The molecule has 0 radical (unpaired) electrons. The lowest BCUT2D eigenvalue weighted by Crippen LogP contribution is -2.08. The first kappa shape index (κ1) is 24.0. The molecule has 2 aliphatic rings. The fourth-order valence-corrected chi connectivity index (χ4v) is 5.76. The molecule has 1 fully saturated rings. The summed E-state index contributed by atoms with van der Waals surface area (Å²) in [5.41, 5.74) is 6.81. The first-order valence-electron chi connectivity index (χ1n) is 13.5. The summed E-state index contributed by atoms with van der Waals surface area (Å²) in [7, 11) is 0. The number of aromatic nitrogens is 2. The molecule has 0 N–H and O–H groups in total. The molecule has 2 aromatic heterocycles. The number of benzene rings is 2. The van der Waals surface area contributed by atoms with E-state index in [4.69, 9.17) is 24.2 Å². The van der Waals surface area contributed by atoms with Crippen molar-refractivity contribution in [3.05, 3.63) is 77.5 Å². The van der Waals surface area contributed by atoms with Crippen molar-refractivity contribution in [1.82, 2.24) is 9.55 Å². The molecule has 1 saturated carbocycles. The predicted molar refractivity (Wildman–Crippen MR) is 144 cm³/mol. The summed E-state index contributed by atoms with van der Waals surface area (Å²) in [6.45, 7) is 4.62. The molecule has 2 aromatic carbocycles. The average Bonchev–Trinajstić information content (AvgIpc) is 3.14. The standard InChI is InChI=1S/C31H34N2O4/c1-2-36-37-21-24-13-15-27-29(23-11-7-4-8-12-23)30-26-16-14-25(35-20-22-9-5-3-6-10-22)19-28(26)34-18-17-33(30)31(27)32-24/h3,5-6,9-10,13-16,19,23H,2,4,7-8,11-12,17-18,20-21H2,1H3. The first-order valence-corrected chi connectivity index (χ1v) is 13.5. The summed E-state index contributed by atoms with van der Waals surface area (Å²) < 4.78 is 14.8. The smallest absolute Gasteiger partial charge is 0.141 e. The van der Waals surface area contributed by atoms with Crippen molar-refractivity contribution in [2.24, 2.45) is 0 Å². The highest BCUT2D eigenvalue weighted by Crippen LogP contribution is 2.47. The zero-order chi connectivity index (χ0) is 25.0. The van der Waals surface area contributed by atoms with Gasteiger partial charge in [-0.05, 0) is 61.1 Å². The van der Waals surface area contributed by atoms with Crippen molar-refractivity contribution in [2.45, 2.75) is 64.7 Å². The van der Waals surface area contributed by atoms with Crippen LogP contribution in [0.5, 0.6) is 11.5 Å². The van der Waals surface area contributed by atoms with E-state index in [1.54, 1.807) is 0 Å². The molecule has 6 nitrogen and oxygen atoms in total. The zero-order valence-electron chi connectivity index (χ0n) is 21.4. The van der Waals surface area contributed by atoms with Gasteiger partial charge >= 0.3 is 0 Å². The molecule has 3 heterocycles.